The normalized spacial score (nSPS) is 12.1. The highest BCUT2D eigenvalue weighted by Gasteiger charge is 2.15. The van der Waals surface area contributed by atoms with E-state index in [-0.39, 0.29) is 12.3 Å². The van der Waals surface area contributed by atoms with Gasteiger partial charge in [-0.3, -0.25) is 9.59 Å². The van der Waals surface area contributed by atoms with Crippen molar-refractivity contribution in [3.05, 3.63) is 21.3 Å². The minimum Gasteiger partial charge on any atom is -0.481 e. The Morgan fingerprint density at radius 1 is 1.56 bits per heavy atom. The second-order valence-corrected chi connectivity index (χ2v) is 5.23. The molecule has 1 aromatic rings. The van der Waals surface area contributed by atoms with Gasteiger partial charge in [0.25, 0.3) is 0 Å². The number of carbonyl (C=O) groups is 2. The maximum absolute atomic E-state index is 11.3. The predicted molar refractivity (Wildman–Crippen MR) is 62.6 cm³/mol. The van der Waals surface area contributed by atoms with Crippen LogP contribution < -0.4 is 5.32 Å². The third-order valence-corrected chi connectivity index (χ3v) is 3.23. The summed E-state index contributed by atoms with van der Waals surface area (Å²) in [5, 5.41) is 11.3. The van der Waals surface area contributed by atoms with Crippen LogP contribution in [0.5, 0.6) is 0 Å². The van der Waals surface area contributed by atoms with Gasteiger partial charge in [-0.25, -0.2) is 0 Å². The van der Waals surface area contributed by atoms with Gasteiger partial charge in [0.15, 0.2) is 0 Å². The molecule has 0 spiro atoms. The van der Waals surface area contributed by atoms with Crippen molar-refractivity contribution in [1.29, 1.82) is 0 Å². The van der Waals surface area contributed by atoms with Crippen LogP contribution in [0.4, 0.5) is 0 Å². The third-order valence-electron chi connectivity index (χ3n) is 2.00. The summed E-state index contributed by atoms with van der Waals surface area (Å²) in [6.07, 6.45) is -0.00552. The first-order chi connectivity index (χ1) is 7.49. The largest absolute Gasteiger partial charge is 0.481 e. The van der Waals surface area contributed by atoms with Crippen LogP contribution in [-0.4, -0.2) is 17.0 Å². The van der Waals surface area contributed by atoms with Crippen LogP contribution in [-0.2, 0) is 16.1 Å². The fourth-order valence-corrected chi connectivity index (χ4v) is 2.10. The smallest absolute Gasteiger partial charge is 0.306 e. The molecule has 1 atom stereocenters. The van der Waals surface area contributed by atoms with Gasteiger partial charge >= 0.3 is 5.97 Å². The van der Waals surface area contributed by atoms with E-state index in [0.717, 1.165) is 4.88 Å². The fourth-order valence-electron chi connectivity index (χ4n) is 1.07. The standard InChI is InChI=1S/C10H12ClNO3S/c1-6(10(14)15)4-9(13)12-5-7-2-3-8(11)16-7/h2-3,6H,4-5H2,1H3,(H,12,13)(H,14,15). The molecular weight excluding hydrogens is 250 g/mol. The molecule has 1 rings (SSSR count). The zero-order chi connectivity index (χ0) is 12.1. The monoisotopic (exact) mass is 261 g/mol. The van der Waals surface area contributed by atoms with Crippen LogP contribution >= 0.6 is 22.9 Å². The van der Waals surface area contributed by atoms with E-state index >= 15 is 0 Å². The molecule has 2 N–H and O–H groups in total. The summed E-state index contributed by atoms with van der Waals surface area (Å²) in [4.78, 5) is 22.8. The number of nitrogens with one attached hydrogen (secondary N) is 1. The van der Waals surface area contributed by atoms with Crippen molar-refractivity contribution in [2.24, 2.45) is 5.92 Å². The lowest BCUT2D eigenvalue weighted by Crippen LogP contribution is -2.26. The molecule has 6 heteroatoms. The van der Waals surface area contributed by atoms with Crippen LogP contribution in [0, 0.1) is 5.92 Å². The van der Waals surface area contributed by atoms with Crippen molar-refractivity contribution in [3.63, 3.8) is 0 Å². The topological polar surface area (TPSA) is 66.4 Å². The minimum atomic E-state index is -0.964. The number of aliphatic carboxylic acids is 1. The average molecular weight is 262 g/mol. The summed E-state index contributed by atoms with van der Waals surface area (Å²) in [6, 6.07) is 3.58. The summed E-state index contributed by atoms with van der Waals surface area (Å²) in [5.41, 5.74) is 0. The summed E-state index contributed by atoms with van der Waals surface area (Å²) in [7, 11) is 0. The van der Waals surface area contributed by atoms with E-state index in [0.29, 0.717) is 10.9 Å². The third kappa shape index (κ3) is 4.20. The van der Waals surface area contributed by atoms with Crippen LogP contribution in [0.3, 0.4) is 0 Å². The molecule has 1 amide bonds. The van der Waals surface area contributed by atoms with Gasteiger partial charge in [-0.1, -0.05) is 18.5 Å². The van der Waals surface area contributed by atoms with Crippen molar-refractivity contribution >= 4 is 34.8 Å². The van der Waals surface area contributed by atoms with E-state index in [1.54, 1.807) is 6.07 Å². The molecule has 1 heterocycles. The van der Waals surface area contributed by atoms with Gasteiger partial charge in [0.05, 0.1) is 16.8 Å². The van der Waals surface area contributed by atoms with Crippen LogP contribution in [0.1, 0.15) is 18.2 Å². The first-order valence-electron chi connectivity index (χ1n) is 4.72. The van der Waals surface area contributed by atoms with Gasteiger partial charge in [-0.2, -0.15) is 0 Å². The Hall–Kier alpha value is -1.07. The highest BCUT2D eigenvalue weighted by Crippen LogP contribution is 2.21. The number of halogens is 1. The molecule has 0 saturated carbocycles. The van der Waals surface area contributed by atoms with Crippen molar-refractivity contribution in [2.45, 2.75) is 19.9 Å². The number of carboxylic acids is 1. The number of carboxylic acid groups (broad SMARTS) is 1. The lowest BCUT2D eigenvalue weighted by Gasteiger charge is -2.06. The van der Waals surface area contributed by atoms with Gasteiger partial charge in [0.2, 0.25) is 5.91 Å². The van der Waals surface area contributed by atoms with E-state index < -0.39 is 11.9 Å². The van der Waals surface area contributed by atoms with E-state index in [2.05, 4.69) is 5.32 Å². The van der Waals surface area contributed by atoms with Gasteiger partial charge < -0.3 is 10.4 Å². The fraction of sp³-hybridized carbons (Fsp3) is 0.400. The first-order valence-corrected chi connectivity index (χ1v) is 5.92. The number of rotatable bonds is 5. The maximum Gasteiger partial charge on any atom is 0.306 e. The number of hydrogen-bond donors (Lipinski definition) is 2. The molecule has 16 heavy (non-hydrogen) atoms. The van der Waals surface area contributed by atoms with Gasteiger partial charge in [0, 0.05) is 11.3 Å². The van der Waals surface area contributed by atoms with E-state index in [9.17, 15) is 9.59 Å². The molecular formula is C10H12ClNO3S. The molecule has 0 radical (unpaired) electrons. The van der Waals surface area contributed by atoms with Gasteiger partial charge in [-0.05, 0) is 12.1 Å². The van der Waals surface area contributed by atoms with E-state index in [4.69, 9.17) is 16.7 Å². The van der Waals surface area contributed by atoms with Crippen molar-refractivity contribution in [2.75, 3.05) is 0 Å². The molecule has 0 aliphatic carbocycles. The molecule has 0 saturated heterocycles. The second-order valence-electron chi connectivity index (χ2n) is 3.43. The molecule has 88 valence electrons. The van der Waals surface area contributed by atoms with Gasteiger partial charge in [-0.15, -0.1) is 11.3 Å². The Bertz CT molecular complexity index is 391. The molecule has 4 nitrogen and oxygen atoms in total. The Labute approximate surface area is 102 Å². The number of hydrogen-bond acceptors (Lipinski definition) is 3. The SMILES string of the molecule is CC(CC(=O)NCc1ccc(Cl)s1)C(=O)O. The van der Waals surface area contributed by atoms with Crippen LogP contribution in [0.15, 0.2) is 12.1 Å². The van der Waals surface area contributed by atoms with Crippen molar-refractivity contribution in [3.8, 4) is 0 Å². The van der Waals surface area contributed by atoms with Crippen molar-refractivity contribution < 1.29 is 14.7 Å². The zero-order valence-electron chi connectivity index (χ0n) is 8.70. The Morgan fingerprint density at radius 3 is 2.75 bits per heavy atom. The number of carbonyl (C=O) groups excluding carboxylic acids is 1. The molecule has 0 fully saturated rings. The molecule has 0 bridgehead atoms. The highest BCUT2D eigenvalue weighted by molar-refractivity contribution is 7.16. The Balaban J connectivity index is 2.33. The molecule has 1 unspecified atom stereocenters. The zero-order valence-corrected chi connectivity index (χ0v) is 10.3. The molecule has 0 aliphatic heterocycles. The Kier molecular flexibility index (Phi) is 4.76. The van der Waals surface area contributed by atoms with Crippen LogP contribution in [0.25, 0.3) is 0 Å². The maximum atomic E-state index is 11.3. The molecule has 0 aliphatic rings. The summed E-state index contributed by atoms with van der Waals surface area (Å²) >= 11 is 7.12. The van der Waals surface area contributed by atoms with E-state index in [1.807, 2.05) is 6.07 Å². The predicted octanol–water partition coefficient (Wildman–Crippen LogP) is 2.13. The first kappa shape index (κ1) is 13.0. The van der Waals surface area contributed by atoms with Gasteiger partial charge in [0.1, 0.15) is 0 Å². The minimum absolute atomic E-state index is 0.00552. The summed E-state index contributed by atoms with van der Waals surface area (Å²) in [5.74, 6) is -1.89. The van der Waals surface area contributed by atoms with Crippen LogP contribution in [0.2, 0.25) is 4.34 Å². The lowest BCUT2D eigenvalue weighted by atomic mass is 10.1. The lowest BCUT2D eigenvalue weighted by molar-refractivity contribution is -0.143. The quantitative estimate of drug-likeness (QED) is 0.853. The summed E-state index contributed by atoms with van der Waals surface area (Å²) in [6.45, 7) is 1.90. The van der Waals surface area contributed by atoms with Crippen molar-refractivity contribution in [1.82, 2.24) is 5.32 Å². The highest BCUT2D eigenvalue weighted by atomic mass is 35.5. The molecule has 1 aromatic heterocycles. The average Bonchev–Trinajstić information content (AvgIpc) is 2.61. The number of amides is 1. The second kappa shape index (κ2) is 5.86. The Morgan fingerprint density at radius 2 is 2.25 bits per heavy atom. The number of thiophene rings is 1. The summed E-state index contributed by atoms with van der Waals surface area (Å²) < 4.78 is 0.670. The van der Waals surface area contributed by atoms with E-state index in [1.165, 1.54) is 18.3 Å². The molecule has 0 aromatic carbocycles.